The van der Waals surface area contributed by atoms with Crippen LogP contribution in [-0.4, -0.2) is 9.78 Å². The molecule has 1 aromatic heterocycles. The van der Waals surface area contributed by atoms with Crippen LogP contribution in [0.2, 0.25) is 0 Å². The van der Waals surface area contributed by atoms with Gasteiger partial charge in [0.25, 0.3) is 0 Å². The smallest absolute Gasteiger partial charge is 0.256 e. The molecular formula is C13H12BrF3N2. The summed E-state index contributed by atoms with van der Waals surface area (Å²) in [5.41, 5.74) is 1.28. The number of benzene rings is 1. The van der Waals surface area contributed by atoms with Crippen molar-refractivity contribution in [2.75, 3.05) is 0 Å². The summed E-state index contributed by atoms with van der Waals surface area (Å²) in [7, 11) is 0. The molecule has 2 aromatic rings. The maximum Gasteiger partial charge on any atom is 0.433 e. The highest BCUT2D eigenvalue weighted by molar-refractivity contribution is 9.08. The third-order valence-corrected chi connectivity index (χ3v) is 3.35. The van der Waals surface area contributed by atoms with Crippen LogP contribution in [0.3, 0.4) is 0 Å². The quantitative estimate of drug-likeness (QED) is 0.772. The molecule has 1 heterocycles. The van der Waals surface area contributed by atoms with Gasteiger partial charge in [0.1, 0.15) is 5.69 Å². The van der Waals surface area contributed by atoms with Crippen LogP contribution in [0.25, 0.3) is 0 Å². The molecule has 0 aliphatic rings. The zero-order chi connectivity index (χ0) is 14.0. The van der Waals surface area contributed by atoms with Gasteiger partial charge in [-0.15, -0.1) is 0 Å². The molecule has 0 aliphatic heterocycles. The van der Waals surface area contributed by atoms with Crippen molar-refractivity contribution < 1.29 is 13.2 Å². The summed E-state index contributed by atoms with van der Waals surface area (Å²) in [6.07, 6.45) is -3.14. The lowest BCUT2D eigenvalue weighted by Crippen LogP contribution is -2.17. The molecule has 0 unspecified atom stereocenters. The van der Waals surface area contributed by atoms with Crippen molar-refractivity contribution in [2.24, 2.45) is 0 Å². The van der Waals surface area contributed by atoms with Gasteiger partial charge >= 0.3 is 6.18 Å². The highest BCUT2D eigenvalue weighted by Crippen LogP contribution is 2.33. The summed E-state index contributed by atoms with van der Waals surface area (Å²) in [5, 5.41) is 3.98. The average Bonchev–Trinajstić information content (AvgIpc) is 2.71. The van der Waals surface area contributed by atoms with Crippen LogP contribution in [0, 0.1) is 6.92 Å². The second-order valence-corrected chi connectivity index (χ2v) is 4.86. The van der Waals surface area contributed by atoms with Gasteiger partial charge in [-0.05, 0) is 12.5 Å². The van der Waals surface area contributed by atoms with Gasteiger partial charge in [-0.1, -0.05) is 45.8 Å². The van der Waals surface area contributed by atoms with Gasteiger partial charge in [0.05, 0.1) is 12.7 Å². The van der Waals surface area contributed by atoms with Crippen LogP contribution in [0.15, 0.2) is 30.5 Å². The van der Waals surface area contributed by atoms with Gasteiger partial charge in [0, 0.05) is 10.9 Å². The lowest BCUT2D eigenvalue weighted by molar-refractivity contribution is -0.144. The summed E-state index contributed by atoms with van der Waals surface area (Å²) in [6.45, 7) is 2.02. The Bertz CT molecular complexity index is 576. The molecule has 2 rings (SSSR count). The van der Waals surface area contributed by atoms with E-state index in [1.807, 2.05) is 25.1 Å². The fourth-order valence-corrected chi connectivity index (χ4v) is 2.36. The Morgan fingerprint density at radius 2 is 2.05 bits per heavy atom. The topological polar surface area (TPSA) is 17.8 Å². The normalized spacial score (nSPS) is 11.8. The molecular weight excluding hydrogens is 321 g/mol. The summed E-state index contributed by atoms with van der Waals surface area (Å²) in [4.78, 5) is 0. The molecule has 19 heavy (non-hydrogen) atoms. The van der Waals surface area contributed by atoms with Crippen molar-refractivity contribution in [3.8, 4) is 0 Å². The zero-order valence-electron chi connectivity index (χ0n) is 10.2. The first-order chi connectivity index (χ1) is 8.91. The van der Waals surface area contributed by atoms with Crippen LogP contribution >= 0.6 is 15.9 Å². The molecule has 0 bridgehead atoms. The van der Waals surface area contributed by atoms with Crippen molar-refractivity contribution in [1.82, 2.24) is 9.78 Å². The first kappa shape index (κ1) is 14.1. The fraction of sp³-hybridized carbons (Fsp3) is 0.308. The minimum absolute atomic E-state index is 0.115. The van der Waals surface area contributed by atoms with Gasteiger partial charge in [-0.3, -0.25) is 4.68 Å². The molecule has 0 amide bonds. The molecule has 0 atom stereocenters. The number of alkyl halides is 4. The first-order valence-corrected chi connectivity index (χ1v) is 6.77. The average molecular weight is 333 g/mol. The van der Waals surface area contributed by atoms with Crippen LogP contribution in [0.5, 0.6) is 0 Å². The lowest BCUT2D eigenvalue weighted by atomic mass is 10.1. The van der Waals surface area contributed by atoms with E-state index in [4.69, 9.17) is 0 Å². The first-order valence-electron chi connectivity index (χ1n) is 5.65. The van der Waals surface area contributed by atoms with E-state index in [1.54, 1.807) is 6.07 Å². The Hall–Kier alpha value is -1.30. The number of aryl methyl sites for hydroxylation is 1. The predicted octanol–water partition coefficient (Wildman–Crippen LogP) is 4.15. The molecule has 0 spiro atoms. The monoisotopic (exact) mass is 332 g/mol. The molecule has 2 nitrogen and oxygen atoms in total. The van der Waals surface area contributed by atoms with Crippen LogP contribution in [0.4, 0.5) is 13.2 Å². The van der Waals surface area contributed by atoms with Gasteiger partial charge < -0.3 is 0 Å². The van der Waals surface area contributed by atoms with Crippen molar-refractivity contribution in [2.45, 2.75) is 25.0 Å². The van der Waals surface area contributed by atoms with E-state index >= 15 is 0 Å². The largest absolute Gasteiger partial charge is 0.433 e. The van der Waals surface area contributed by atoms with E-state index in [9.17, 15) is 13.2 Å². The van der Waals surface area contributed by atoms with Crippen molar-refractivity contribution >= 4 is 15.9 Å². The zero-order valence-corrected chi connectivity index (χ0v) is 11.8. The number of nitrogens with zero attached hydrogens (tertiary/aromatic N) is 2. The molecule has 0 saturated heterocycles. The Balaban J connectivity index is 2.38. The third kappa shape index (κ3) is 3.18. The second-order valence-electron chi connectivity index (χ2n) is 4.30. The highest BCUT2D eigenvalue weighted by Gasteiger charge is 2.37. The van der Waals surface area contributed by atoms with Crippen molar-refractivity contribution in [3.05, 3.63) is 52.8 Å². The third-order valence-electron chi connectivity index (χ3n) is 2.74. The highest BCUT2D eigenvalue weighted by atomic mass is 79.9. The molecule has 0 N–H and O–H groups in total. The lowest BCUT2D eigenvalue weighted by Gasteiger charge is -2.12. The molecule has 1 aromatic carbocycles. The van der Waals surface area contributed by atoms with E-state index in [0.717, 1.165) is 15.8 Å². The van der Waals surface area contributed by atoms with E-state index in [0.29, 0.717) is 0 Å². The predicted molar refractivity (Wildman–Crippen MR) is 70.1 cm³/mol. The maximum atomic E-state index is 13.0. The van der Waals surface area contributed by atoms with E-state index in [-0.39, 0.29) is 17.4 Å². The summed E-state index contributed by atoms with van der Waals surface area (Å²) >= 11 is 3.06. The van der Waals surface area contributed by atoms with Gasteiger partial charge in [-0.25, -0.2) is 0 Å². The number of aromatic nitrogens is 2. The van der Waals surface area contributed by atoms with Gasteiger partial charge in [0.15, 0.2) is 0 Å². The molecule has 6 heteroatoms. The van der Waals surface area contributed by atoms with E-state index in [1.165, 1.54) is 6.20 Å². The number of rotatable bonds is 3. The summed E-state index contributed by atoms with van der Waals surface area (Å²) in [5.74, 6) is 0. The molecule has 102 valence electrons. The van der Waals surface area contributed by atoms with Gasteiger partial charge in [0.2, 0.25) is 0 Å². The number of hydrogen-bond acceptors (Lipinski definition) is 1. The fourth-order valence-electron chi connectivity index (χ4n) is 1.95. The van der Waals surface area contributed by atoms with Crippen molar-refractivity contribution in [1.29, 1.82) is 0 Å². The molecule has 0 fully saturated rings. The number of halogens is 4. The van der Waals surface area contributed by atoms with Crippen LogP contribution in [-0.2, 0) is 18.1 Å². The SMILES string of the molecule is Cc1cccc(Cn2ncc(CBr)c2C(F)(F)F)c1. The molecule has 0 aliphatic carbocycles. The van der Waals surface area contributed by atoms with Gasteiger partial charge in [-0.2, -0.15) is 18.3 Å². The van der Waals surface area contributed by atoms with Crippen LogP contribution in [0.1, 0.15) is 22.4 Å². The van der Waals surface area contributed by atoms with Crippen LogP contribution < -0.4 is 0 Å². The Kier molecular flexibility index (Phi) is 3.99. The molecule has 0 saturated carbocycles. The Morgan fingerprint density at radius 3 is 2.63 bits per heavy atom. The standard InChI is InChI=1S/C13H12BrF3N2/c1-9-3-2-4-10(5-9)8-19-12(13(15,16)17)11(6-14)7-18-19/h2-5,7H,6,8H2,1H3. The van der Waals surface area contributed by atoms with Crippen molar-refractivity contribution in [3.63, 3.8) is 0 Å². The molecule has 0 radical (unpaired) electrons. The number of hydrogen-bond donors (Lipinski definition) is 0. The van der Waals surface area contributed by atoms with E-state index < -0.39 is 11.9 Å². The Morgan fingerprint density at radius 1 is 1.32 bits per heavy atom. The maximum absolute atomic E-state index is 13.0. The van der Waals surface area contributed by atoms with E-state index in [2.05, 4.69) is 21.0 Å². The summed E-state index contributed by atoms with van der Waals surface area (Å²) in [6, 6.07) is 7.38. The minimum atomic E-state index is -4.40. The summed E-state index contributed by atoms with van der Waals surface area (Å²) < 4.78 is 40.1. The second kappa shape index (κ2) is 5.36. The Labute approximate surface area is 117 Å². The minimum Gasteiger partial charge on any atom is -0.256 e.